The fourth-order valence-electron chi connectivity index (χ4n) is 13.4. The van der Waals surface area contributed by atoms with Gasteiger partial charge in [-0.05, 0) is 93.7 Å². The van der Waals surface area contributed by atoms with Crippen molar-refractivity contribution in [2.75, 3.05) is 39.5 Å². The maximum Gasteiger partial charge on any atom is 0.338 e. The van der Waals surface area contributed by atoms with E-state index in [1.807, 2.05) is 0 Å². The van der Waals surface area contributed by atoms with E-state index in [0.717, 1.165) is 27.9 Å². The lowest BCUT2D eigenvalue weighted by Crippen LogP contribution is -2.78. The number of nitrogens with zero attached hydrogens (tertiary/aromatic N) is 3. The number of H-pyrrole nitrogens is 1. The topological polar surface area (TPSA) is 653 Å². The van der Waals surface area contributed by atoms with Crippen molar-refractivity contribution in [1.82, 2.24) is 78.2 Å². The number of likely N-dealkylation sites (tertiary alicyclic amines) is 1. The minimum Gasteiger partial charge on any atom is -0.748 e. The Kier molecular flexibility index (Phi) is 36.6. The Morgan fingerprint density at radius 3 is 1.92 bits per heavy atom. The van der Waals surface area contributed by atoms with Crippen molar-refractivity contribution >= 4 is 128 Å². The monoisotopic (exact) mass is 1690 g/mol. The van der Waals surface area contributed by atoms with E-state index in [4.69, 9.17) is 27.7 Å². The van der Waals surface area contributed by atoms with Gasteiger partial charge in [-0.3, -0.25) is 98.0 Å². The number of likely N-dealkylation sites (N-methyl/N-ethyl adjacent to an activating group) is 2. The number of carbonyl (C=O) groups excluding carboxylic acids is 17. The molecule has 16 amide bonds. The molecule has 0 saturated carbocycles. The van der Waals surface area contributed by atoms with E-state index in [9.17, 15) is 80.4 Å². The lowest BCUT2D eigenvalue weighted by Gasteiger charge is -2.35. The van der Waals surface area contributed by atoms with Gasteiger partial charge in [-0.25, -0.2) is 8.42 Å². The van der Waals surface area contributed by atoms with Gasteiger partial charge in [0.1, 0.15) is 91.2 Å². The minimum atomic E-state index is -5.67. The highest BCUT2D eigenvalue weighted by Crippen LogP contribution is 2.26. The van der Waals surface area contributed by atoms with Crippen LogP contribution >= 0.6 is 0 Å². The van der Waals surface area contributed by atoms with Crippen LogP contribution in [0.4, 0.5) is 0 Å². The molecule has 3 heterocycles. The third-order valence-corrected chi connectivity index (χ3v) is 20.5. The number of nitrogens with one attached hydrogen (secondary N) is 13. The van der Waals surface area contributed by atoms with Gasteiger partial charge in [-0.1, -0.05) is 97.0 Å². The molecule has 1 aromatic heterocycles. The quantitative estimate of drug-likeness (QED) is 0.00642. The van der Waals surface area contributed by atoms with E-state index in [1.165, 1.54) is 18.0 Å². The van der Waals surface area contributed by atoms with Gasteiger partial charge in [0.2, 0.25) is 95.0 Å². The molecular formula is C76H114N20O22S. The number of aromatic amines is 1. The average molecular weight is 1690 g/mol. The maximum atomic E-state index is 15.3. The first-order valence-electron chi connectivity index (χ1n) is 38.8. The second kappa shape index (κ2) is 44.6. The summed E-state index contributed by atoms with van der Waals surface area (Å²) in [5.41, 5.74) is 22.9. The predicted octanol–water partition coefficient (Wildman–Crippen LogP) is -7.89. The second-order valence-electron chi connectivity index (χ2n) is 31.5. The van der Waals surface area contributed by atoms with E-state index in [-0.39, 0.29) is 51.2 Å². The van der Waals surface area contributed by atoms with E-state index in [2.05, 4.69) is 68.5 Å². The highest BCUT2D eigenvalue weighted by molar-refractivity contribution is 7.85. The van der Waals surface area contributed by atoms with Gasteiger partial charge in [0.25, 0.3) is 0 Å². The Labute approximate surface area is 688 Å². The lowest BCUT2D eigenvalue weighted by molar-refractivity contribution is -0.459. The number of aliphatic hydroxyl groups is 1. The van der Waals surface area contributed by atoms with E-state index in [0.29, 0.717) is 44.7 Å². The van der Waals surface area contributed by atoms with E-state index >= 15 is 19.2 Å². The number of primary amides is 2. The average Bonchev–Trinajstić information content (AvgIpc) is 1.80. The van der Waals surface area contributed by atoms with E-state index < -0.39 is 251 Å². The fraction of sp³-hybridized carbons (Fsp3) is 0.579. The van der Waals surface area contributed by atoms with Crippen molar-refractivity contribution < 1.29 is 109 Å². The fourth-order valence-corrected chi connectivity index (χ4v) is 14.0. The number of esters is 1. The van der Waals surface area contributed by atoms with Crippen molar-refractivity contribution in [3.63, 3.8) is 0 Å². The highest BCUT2D eigenvalue weighted by Gasteiger charge is 2.45. The molecule has 2 fully saturated rings. The first-order chi connectivity index (χ1) is 55.6. The molecule has 2 saturated heterocycles. The number of hydrogen-bond donors (Lipinski definition) is 18. The van der Waals surface area contributed by atoms with Crippen molar-refractivity contribution in [2.45, 2.75) is 224 Å². The molecule has 656 valence electrons. The zero-order valence-corrected chi connectivity index (χ0v) is 69.5. The number of hydrogen-bond acceptors (Lipinski definition) is 22. The summed E-state index contributed by atoms with van der Waals surface area (Å²) in [6.07, 6.45) is -4.71. The van der Waals surface area contributed by atoms with Crippen LogP contribution in [0, 0.1) is 17.3 Å². The number of carbonyl (C=O) groups is 17. The molecule has 43 heteroatoms. The SMILES string of the molecule is CC(C)C[C@H]1NC(=O)[C@H](CCC(N)=O)N(C)C(=O)C(NC(=O)[C@@H](CS(=O)(=O)[O-])NC(=O)[C@H](CCC[NH+]=C(N)N)NC(=O)[C@@H](Cc2c[nH]c3ccccc23)NC(=O)C(NC(=O)C(NC(=O)[C@@H]2CCCN2C(=O)[C@H](Cc2ccccc2)NC(=O)[C@@H](C)NC=O)C(C)(C)C)C(C)C)[C@@H](C)OC(=O)CN(C)C(=O)[C@H](CC(N)=O)NC(=O)[C@H]([C@@H](C)O)NC1=O. The van der Waals surface area contributed by atoms with Crippen LogP contribution in [-0.2, 0) is 109 Å². The van der Waals surface area contributed by atoms with E-state index in [1.54, 1.807) is 103 Å². The number of ether oxygens (including phenoxy) is 1. The number of amides is 16. The summed E-state index contributed by atoms with van der Waals surface area (Å²) in [5.74, 6) is -21.2. The zero-order valence-electron chi connectivity index (χ0n) is 68.6. The normalized spacial score (nSPS) is 20.7. The molecule has 0 aliphatic carbocycles. The van der Waals surface area contributed by atoms with Gasteiger partial charge in [0.15, 0.2) is 0 Å². The molecule has 42 nitrogen and oxygen atoms in total. The van der Waals surface area contributed by atoms with Crippen LogP contribution in [0.15, 0.2) is 60.8 Å². The van der Waals surface area contributed by atoms with Gasteiger partial charge in [0, 0.05) is 57.0 Å². The van der Waals surface area contributed by atoms with Crippen LogP contribution in [0.25, 0.3) is 10.9 Å². The van der Waals surface area contributed by atoms with Gasteiger partial charge < -0.3 is 104 Å². The predicted molar refractivity (Wildman–Crippen MR) is 425 cm³/mol. The number of aromatic nitrogens is 1. The molecule has 3 unspecified atom stereocenters. The standard InChI is InChI=1S/C76H114N20O22S/c1-38(2)30-48-65(105)91-59(41(6)98)70(110)88-51(33-56(78)100)72(112)94(11)35-57(101)118-42(7)60(74(114)95(12)53(67(107)85-48)26-27-55(77)99)92-66(106)52(36-119(115,116)117)89-63(103)47(24-18-28-81-75(79)80)84-64(104)49(32-44-34-82-46-23-17-16-22-45(44)46)86-69(109)58(39(3)4)90-71(111)61(76(8,9)10)93-68(108)54-25-19-29-96(54)73(113)50(31-43-20-14-13-15-21-43)87-62(102)40(5)83-37-97/h13-17,20-23,34,37-42,47-54,58-61,82,98H,18-19,24-33,35-36H2,1-12H3,(H2,77,99)(H2,78,100)(H,83,97)(H,84,104)(H,85,107)(H,86,109)(H,87,102)(H,88,110)(H,89,103)(H,90,111)(H,91,105)(H,92,106)(H,93,108)(H4,79,80,81)(H,115,116,117)/t40-,41-,42-,47+,48-,49-,50+,51+,52-,53+,54+,58?,59+,60?,61?/m1/s1. The number of aliphatic hydroxyl groups excluding tert-OH is 1. The molecule has 0 radical (unpaired) electrons. The Hall–Kier alpha value is -11.9. The zero-order chi connectivity index (χ0) is 89.2. The Morgan fingerprint density at radius 2 is 1.33 bits per heavy atom. The van der Waals surface area contributed by atoms with Crippen molar-refractivity contribution in [2.24, 2.45) is 40.2 Å². The molecule has 0 bridgehead atoms. The molecular weight excluding hydrogens is 1580 g/mol. The Bertz CT molecular complexity index is 4320. The Morgan fingerprint density at radius 1 is 0.714 bits per heavy atom. The van der Waals surface area contributed by atoms with Crippen LogP contribution in [-0.4, -0.2) is 275 Å². The molecule has 119 heavy (non-hydrogen) atoms. The number of nitrogens with two attached hydrogens (primary N) is 4. The third kappa shape index (κ3) is 29.9. The highest BCUT2D eigenvalue weighted by atomic mass is 32.2. The van der Waals surface area contributed by atoms with Crippen molar-refractivity contribution in [3.05, 3.63) is 71.9 Å². The van der Waals surface area contributed by atoms with Crippen molar-refractivity contribution in [1.29, 1.82) is 0 Å². The number of rotatable bonds is 36. The van der Waals surface area contributed by atoms with Crippen LogP contribution < -0.4 is 86.4 Å². The summed E-state index contributed by atoms with van der Waals surface area (Å²) in [6, 6.07) is -6.57. The summed E-state index contributed by atoms with van der Waals surface area (Å²) in [6.45, 7) is 13.7. The molecule has 3 aromatic rings. The first-order valence-corrected chi connectivity index (χ1v) is 40.3. The molecule has 15 atom stereocenters. The maximum absolute atomic E-state index is 15.3. The smallest absolute Gasteiger partial charge is 0.338 e. The molecule has 22 N–H and O–H groups in total. The second-order valence-corrected chi connectivity index (χ2v) is 32.9. The van der Waals surface area contributed by atoms with Gasteiger partial charge >= 0.3 is 11.9 Å². The summed E-state index contributed by atoms with van der Waals surface area (Å²) in [7, 11) is -3.71. The van der Waals surface area contributed by atoms with Crippen LogP contribution in [0.5, 0.6) is 0 Å². The number of guanidine groups is 1. The first kappa shape index (κ1) is 97.7. The molecule has 0 spiro atoms. The summed E-state index contributed by atoms with van der Waals surface area (Å²) in [5, 5.41) is 38.5. The third-order valence-electron chi connectivity index (χ3n) is 19.8. The molecule has 2 aliphatic rings. The molecule has 2 aromatic carbocycles. The summed E-state index contributed by atoms with van der Waals surface area (Å²) >= 11 is 0. The lowest BCUT2D eigenvalue weighted by atomic mass is 9.85. The van der Waals surface area contributed by atoms with Gasteiger partial charge in [-0.2, -0.15) is 0 Å². The minimum absolute atomic E-state index is 0.00757. The summed E-state index contributed by atoms with van der Waals surface area (Å²) < 4.78 is 44.4. The number of para-hydroxylation sites is 1. The molecule has 5 rings (SSSR count). The van der Waals surface area contributed by atoms with Crippen LogP contribution in [0.1, 0.15) is 132 Å². The van der Waals surface area contributed by atoms with Gasteiger partial charge in [0.05, 0.1) is 34.9 Å². The van der Waals surface area contributed by atoms with Crippen LogP contribution in [0.2, 0.25) is 0 Å². The number of cyclic esters (lactones) is 1. The number of fused-ring (bicyclic) bond motifs is 1. The van der Waals surface area contributed by atoms with Crippen LogP contribution in [0.3, 0.4) is 0 Å². The largest absolute Gasteiger partial charge is 0.748 e. The number of benzene rings is 2. The van der Waals surface area contributed by atoms with Crippen molar-refractivity contribution in [3.8, 4) is 0 Å². The summed E-state index contributed by atoms with van der Waals surface area (Å²) in [4.78, 5) is 248. The Balaban J connectivity index is 1.54. The molecule has 2 aliphatic heterocycles. The van der Waals surface area contributed by atoms with Gasteiger partial charge in [-0.15, -0.1) is 0 Å².